The highest BCUT2D eigenvalue weighted by Crippen LogP contribution is 2.18. The quantitative estimate of drug-likeness (QED) is 0.629. The fraction of sp³-hybridized carbons (Fsp3) is 1.00. The van der Waals surface area contributed by atoms with Crippen LogP contribution in [0.15, 0.2) is 0 Å². The number of hydrogen-bond acceptors (Lipinski definition) is 3. The first-order chi connectivity index (χ1) is 6.03. The minimum Gasteiger partial charge on any atom is -0.343 e. The van der Waals surface area contributed by atoms with Crippen LogP contribution in [0.5, 0.6) is 0 Å². The van der Waals surface area contributed by atoms with Gasteiger partial charge in [0.25, 0.3) is 0 Å². The van der Waals surface area contributed by atoms with Gasteiger partial charge in [-0.3, -0.25) is 4.90 Å². The molecule has 0 aromatic carbocycles. The molecule has 0 radical (unpaired) electrons. The first-order valence-corrected chi connectivity index (χ1v) is 4.97. The van der Waals surface area contributed by atoms with Crippen LogP contribution in [0.25, 0.3) is 0 Å². The average molecular weight is 187 g/mol. The molecule has 0 aromatic heterocycles. The van der Waals surface area contributed by atoms with Crippen molar-refractivity contribution < 1.29 is 9.47 Å². The van der Waals surface area contributed by atoms with Gasteiger partial charge in [-0.2, -0.15) is 0 Å². The molecule has 0 aliphatic carbocycles. The molecular formula is C10H21NO2. The van der Waals surface area contributed by atoms with Crippen LogP contribution in [0, 0.1) is 0 Å². The Morgan fingerprint density at radius 1 is 1.15 bits per heavy atom. The second-order valence-electron chi connectivity index (χ2n) is 4.52. The van der Waals surface area contributed by atoms with Gasteiger partial charge in [0.05, 0.1) is 5.60 Å². The molecule has 1 aliphatic rings. The van der Waals surface area contributed by atoms with Crippen LogP contribution < -0.4 is 0 Å². The molecule has 1 rings (SSSR count). The van der Waals surface area contributed by atoms with E-state index in [-0.39, 0.29) is 12.0 Å². The lowest BCUT2D eigenvalue weighted by molar-refractivity contribution is -0.247. The molecule has 0 spiro atoms. The van der Waals surface area contributed by atoms with E-state index in [1.165, 1.54) is 12.8 Å². The van der Waals surface area contributed by atoms with Gasteiger partial charge in [0.2, 0.25) is 6.41 Å². The summed E-state index contributed by atoms with van der Waals surface area (Å²) in [5, 5.41) is 0. The Kier molecular flexibility index (Phi) is 3.71. The molecule has 1 fully saturated rings. The summed E-state index contributed by atoms with van der Waals surface area (Å²) in [5.74, 6) is 0. The van der Waals surface area contributed by atoms with Crippen molar-refractivity contribution in [1.82, 2.24) is 4.90 Å². The smallest absolute Gasteiger partial charge is 0.218 e. The Morgan fingerprint density at radius 2 is 1.69 bits per heavy atom. The lowest BCUT2D eigenvalue weighted by atomic mass is 10.2. The van der Waals surface area contributed by atoms with Crippen molar-refractivity contribution >= 4 is 0 Å². The van der Waals surface area contributed by atoms with Crippen molar-refractivity contribution in [3.8, 4) is 0 Å². The molecule has 78 valence electrons. The van der Waals surface area contributed by atoms with Crippen LogP contribution in [0.3, 0.4) is 0 Å². The summed E-state index contributed by atoms with van der Waals surface area (Å²) in [6.07, 6.45) is 2.35. The molecule has 1 heterocycles. The summed E-state index contributed by atoms with van der Waals surface area (Å²) in [6.45, 7) is 8.34. The highest BCUT2D eigenvalue weighted by Gasteiger charge is 2.26. The van der Waals surface area contributed by atoms with Crippen molar-refractivity contribution in [2.45, 2.75) is 45.6 Å². The number of ether oxygens (including phenoxy) is 2. The van der Waals surface area contributed by atoms with Crippen LogP contribution in [0.1, 0.15) is 33.6 Å². The normalized spacial score (nSPS) is 22.2. The Morgan fingerprint density at radius 3 is 2.08 bits per heavy atom. The van der Waals surface area contributed by atoms with Gasteiger partial charge in [-0.25, -0.2) is 0 Å². The van der Waals surface area contributed by atoms with Gasteiger partial charge in [0.15, 0.2) is 0 Å². The maximum absolute atomic E-state index is 5.77. The van der Waals surface area contributed by atoms with Gasteiger partial charge in [-0.1, -0.05) is 0 Å². The number of nitrogens with zero attached hydrogens (tertiary/aromatic N) is 1. The average Bonchev–Trinajstić information content (AvgIpc) is 2.50. The summed E-state index contributed by atoms with van der Waals surface area (Å²) in [5.41, 5.74) is -0.136. The highest BCUT2D eigenvalue weighted by molar-refractivity contribution is 4.68. The van der Waals surface area contributed by atoms with Crippen molar-refractivity contribution in [3.05, 3.63) is 0 Å². The number of hydrogen-bond donors (Lipinski definition) is 0. The van der Waals surface area contributed by atoms with E-state index in [0.717, 1.165) is 13.1 Å². The third kappa shape index (κ3) is 3.63. The van der Waals surface area contributed by atoms with Crippen molar-refractivity contribution in [2.75, 3.05) is 20.2 Å². The number of methoxy groups -OCH3 is 1. The van der Waals surface area contributed by atoms with E-state index in [1.807, 2.05) is 0 Å². The van der Waals surface area contributed by atoms with Gasteiger partial charge >= 0.3 is 0 Å². The Labute approximate surface area is 81.0 Å². The summed E-state index contributed by atoms with van der Waals surface area (Å²) in [6, 6.07) is 0. The molecule has 0 bridgehead atoms. The molecular weight excluding hydrogens is 166 g/mol. The topological polar surface area (TPSA) is 21.7 Å². The summed E-state index contributed by atoms with van der Waals surface area (Å²) < 4.78 is 11.1. The predicted octanol–water partition coefficient (Wildman–Crippen LogP) is 1.83. The highest BCUT2D eigenvalue weighted by atomic mass is 16.7. The van der Waals surface area contributed by atoms with Crippen molar-refractivity contribution in [2.24, 2.45) is 0 Å². The second kappa shape index (κ2) is 4.40. The van der Waals surface area contributed by atoms with Crippen LogP contribution in [-0.4, -0.2) is 37.1 Å². The van der Waals surface area contributed by atoms with E-state index in [1.54, 1.807) is 7.11 Å². The summed E-state index contributed by atoms with van der Waals surface area (Å²) >= 11 is 0. The lowest BCUT2D eigenvalue weighted by Crippen LogP contribution is -2.41. The Bertz CT molecular complexity index is 147. The van der Waals surface area contributed by atoms with E-state index in [2.05, 4.69) is 25.7 Å². The SMILES string of the molecule is COC(OC(C)(C)C)N1CCCC1. The van der Waals surface area contributed by atoms with Crippen molar-refractivity contribution in [3.63, 3.8) is 0 Å². The first kappa shape index (κ1) is 11.0. The molecule has 3 nitrogen and oxygen atoms in total. The second-order valence-corrected chi connectivity index (χ2v) is 4.52. The molecule has 3 heteroatoms. The van der Waals surface area contributed by atoms with E-state index in [9.17, 15) is 0 Å². The summed E-state index contributed by atoms with van der Waals surface area (Å²) in [7, 11) is 1.70. The Hall–Kier alpha value is -0.120. The minimum absolute atomic E-state index is 0.136. The van der Waals surface area contributed by atoms with E-state index in [4.69, 9.17) is 9.47 Å². The molecule has 13 heavy (non-hydrogen) atoms. The monoisotopic (exact) mass is 187 g/mol. The summed E-state index contributed by atoms with van der Waals surface area (Å²) in [4.78, 5) is 2.24. The third-order valence-corrected chi connectivity index (χ3v) is 2.09. The minimum atomic E-state index is -0.164. The zero-order chi connectivity index (χ0) is 9.90. The standard InChI is InChI=1S/C10H21NO2/c1-10(2,3)13-9(12-4)11-7-5-6-8-11/h9H,5-8H2,1-4H3. The zero-order valence-corrected chi connectivity index (χ0v) is 9.17. The first-order valence-electron chi connectivity index (χ1n) is 4.97. The largest absolute Gasteiger partial charge is 0.343 e. The maximum atomic E-state index is 5.77. The number of likely N-dealkylation sites (tertiary alicyclic amines) is 1. The number of rotatable bonds is 3. The van der Waals surface area contributed by atoms with Gasteiger partial charge in [0, 0.05) is 20.2 Å². The molecule has 0 saturated carbocycles. The van der Waals surface area contributed by atoms with Gasteiger partial charge < -0.3 is 9.47 Å². The maximum Gasteiger partial charge on any atom is 0.218 e. The van der Waals surface area contributed by atoms with Crippen LogP contribution >= 0.6 is 0 Å². The van der Waals surface area contributed by atoms with Gasteiger partial charge in [-0.15, -0.1) is 0 Å². The zero-order valence-electron chi connectivity index (χ0n) is 9.17. The third-order valence-electron chi connectivity index (χ3n) is 2.09. The fourth-order valence-corrected chi connectivity index (χ4v) is 1.53. The lowest BCUT2D eigenvalue weighted by Gasteiger charge is -2.32. The molecule has 1 unspecified atom stereocenters. The fourth-order valence-electron chi connectivity index (χ4n) is 1.53. The van der Waals surface area contributed by atoms with Gasteiger partial charge in [-0.05, 0) is 33.6 Å². The van der Waals surface area contributed by atoms with Crippen LogP contribution in [-0.2, 0) is 9.47 Å². The van der Waals surface area contributed by atoms with Crippen LogP contribution in [0.2, 0.25) is 0 Å². The molecule has 1 atom stereocenters. The predicted molar refractivity (Wildman–Crippen MR) is 52.4 cm³/mol. The van der Waals surface area contributed by atoms with E-state index in [0.29, 0.717) is 0 Å². The molecule has 0 N–H and O–H groups in total. The van der Waals surface area contributed by atoms with Crippen LogP contribution in [0.4, 0.5) is 0 Å². The molecule has 0 amide bonds. The molecule has 1 saturated heterocycles. The van der Waals surface area contributed by atoms with Crippen molar-refractivity contribution in [1.29, 1.82) is 0 Å². The molecule has 1 aliphatic heterocycles. The Balaban J connectivity index is 2.42. The molecule has 0 aromatic rings. The van der Waals surface area contributed by atoms with E-state index >= 15 is 0 Å². The van der Waals surface area contributed by atoms with E-state index < -0.39 is 0 Å². The van der Waals surface area contributed by atoms with Gasteiger partial charge in [0.1, 0.15) is 0 Å².